The standard InChI is InChI=1S/C7H7NO4/c9-6(10)4-1-2-5(7(11)12)8-3-4/h3H,1-2H2,(H,9,10)(H,11,12). The van der Waals surface area contributed by atoms with Gasteiger partial charge in [0.1, 0.15) is 5.71 Å². The maximum atomic E-state index is 10.3. The topological polar surface area (TPSA) is 87.0 Å². The maximum Gasteiger partial charge on any atom is 0.350 e. The molecule has 12 heavy (non-hydrogen) atoms. The number of hydrogen-bond donors (Lipinski definition) is 2. The van der Waals surface area contributed by atoms with Crippen LogP contribution in [-0.2, 0) is 9.59 Å². The van der Waals surface area contributed by atoms with E-state index in [1.54, 1.807) is 0 Å². The third kappa shape index (κ3) is 1.69. The van der Waals surface area contributed by atoms with Crippen LogP contribution in [0.3, 0.4) is 0 Å². The molecule has 0 aromatic carbocycles. The number of carbonyl (C=O) groups is 2. The predicted octanol–water partition coefficient (Wildman–Crippen LogP) is 0.274. The fraction of sp³-hybridized carbons (Fsp3) is 0.286. The van der Waals surface area contributed by atoms with Crippen LogP contribution in [0.15, 0.2) is 16.8 Å². The number of rotatable bonds is 2. The summed E-state index contributed by atoms with van der Waals surface area (Å²) in [5, 5.41) is 16.9. The van der Waals surface area contributed by atoms with Gasteiger partial charge in [-0.15, -0.1) is 0 Å². The molecular weight excluding hydrogens is 162 g/mol. The fourth-order valence-corrected chi connectivity index (χ4v) is 0.862. The third-order valence-electron chi connectivity index (χ3n) is 1.53. The molecule has 0 unspecified atom stereocenters. The second kappa shape index (κ2) is 3.17. The Balaban J connectivity index is 2.80. The van der Waals surface area contributed by atoms with Gasteiger partial charge in [0.05, 0.1) is 5.57 Å². The highest BCUT2D eigenvalue weighted by Gasteiger charge is 2.17. The zero-order valence-corrected chi connectivity index (χ0v) is 6.15. The second-order valence-electron chi connectivity index (χ2n) is 2.34. The summed E-state index contributed by atoms with van der Waals surface area (Å²) in [7, 11) is 0. The van der Waals surface area contributed by atoms with Crippen molar-refractivity contribution < 1.29 is 19.8 Å². The van der Waals surface area contributed by atoms with E-state index in [2.05, 4.69) is 4.99 Å². The summed E-state index contributed by atoms with van der Waals surface area (Å²) in [6, 6.07) is 0. The predicted molar refractivity (Wildman–Crippen MR) is 40.0 cm³/mol. The molecule has 1 aliphatic heterocycles. The van der Waals surface area contributed by atoms with Gasteiger partial charge >= 0.3 is 11.9 Å². The van der Waals surface area contributed by atoms with Gasteiger partial charge < -0.3 is 10.2 Å². The van der Waals surface area contributed by atoms with E-state index in [1.165, 1.54) is 0 Å². The number of carboxylic acids is 2. The Kier molecular flexibility index (Phi) is 2.23. The van der Waals surface area contributed by atoms with Crippen LogP contribution in [0.25, 0.3) is 0 Å². The van der Waals surface area contributed by atoms with Crippen LogP contribution >= 0.6 is 0 Å². The Bertz CT molecular complexity index is 260. The molecule has 1 rings (SSSR count). The lowest BCUT2D eigenvalue weighted by Crippen LogP contribution is -2.16. The third-order valence-corrected chi connectivity index (χ3v) is 1.53. The number of carboxylic acid groups (broad SMARTS) is 2. The summed E-state index contributed by atoms with van der Waals surface area (Å²) in [5.74, 6) is -2.13. The SMILES string of the molecule is O=C(O)C1=CN=C(C(=O)O)CC1. The molecule has 0 saturated heterocycles. The average molecular weight is 169 g/mol. The molecule has 0 atom stereocenters. The van der Waals surface area contributed by atoms with Crippen molar-refractivity contribution in [3.05, 3.63) is 11.8 Å². The molecule has 1 aliphatic rings. The van der Waals surface area contributed by atoms with Crippen molar-refractivity contribution >= 4 is 17.7 Å². The van der Waals surface area contributed by atoms with E-state index in [1.807, 2.05) is 0 Å². The molecule has 0 amide bonds. The van der Waals surface area contributed by atoms with E-state index < -0.39 is 11.9 Å². The Morgan fingerprint density at radius 1 is 1.25 bits per heavy atom. The van der Waals surface area contributed by atoms with Gasteiger partial charge in [-0.25, -0.2) is 9.59 Å². The van der Waals surface area contributed by atoms with E-state index in [-0.39, 0.29) is 24.1 Å². The van der Waals surface area contributed by atoms with E-state index >= 15 is 0 Å². The van der Waals surface area contributed by atoms with Crippen molar-refractivity contribution in [1.29, 1.82) is 0 Å². The van der Waals surface area contributed by atoms with Gasteiger partial charge in [-0.2, -0.15) is 0 Å². The molecule has 0 radical (unpaired) electrons. The quantitative estimate of drug-likeness (QED) is 0.621. The van der Waals surface area contributed by atoms with Crippen LogP contribution in [0.2, 0.25) is 0 Å². The summed E-state index contributed by atoms with van der Waals surface area (Å²) in [6.45, 7) is 0. The minimum absolute atomic E-state index is 0.0139. The first-order valence-electron chi connectivity index (χ1n) is 3.33. The van der Waals surface area contributed by atoms with E-state index in [4.69, 9.17) is 10.2 Å². The van der Waals surface area contributed by atoms with Gasteiger partial charge in [0.25, 0.3) is 0 Å². The van der Waals surface area contributed by atoms with Crippen molar-refractivity contribution in [2.45, 2.75) is 12.8 Å². The summed E-state index contributed by atoms with van der Waals surface area (Å²) in [6.07, 6.45) is 1.52. The van der Waals surface area contributed by atoms with Gasteiger partial charge in [0.2, 0.25) is 0 Å². The molecule has 0 fully saturated rings. The lowest BCUT2D eigenvalue weighted by Gasteiger charge is -2.06. The molecule has 2 N–H and O–H groups in total. The zero-order valence-electron chi connectivity index (χ0n) is 6.15. The average Bonchev–Trinajstić information content (AvgIpc) is 2.04. The first kappa shape index (κ1) is 8.45. The van der Waals surface area contributed by atoms with Crippen LogP contribution in [0.5, 0.6) is 0 Å². The smallest absolute Gasteiger partial charge is 0.350 e. The number of nitrogens with zero attached hydrogens (tertiary/aromatic N) is 1. The van der Waals surface area contributed by atoms with Gasteiger partial charge in [-0.05, 0) is 6.42 Å². The van der Waals surface area contributed by atoms with Crippen LogP contribution < -0.4 is 0 Å². The molecule has 0 bridgehead atoms. The minimum atomic E-state index is -1.09. The van der Waals surface area contributed by atoms with Crippen molar-refractivity contribution in [1.82, 2.24) is 0 Å². The van der Waals surface area contributed by atoms with Crippen LogP contribution in [-0.4, -0.2) is 27.9 Å². The summed E-state index contributed by atoms with van der Waals surface area (Å²) in [4.78, 5) is 24.2. The van der Waals surface area contributed by atoms with Crippen molar-refractivity contribution in [3.63, 3.8) is 0 Å². The first-order chi connectivity index (χ1) is 5.61. The Morgan fingerprint density at radius 3 is 2.25 bits per heavy atom. The Hall–Kier alpha value is -1.65. The van der Waals surface area contributed by atoms with E-state index in [9.17, 15) is 9.59 Å². The lowest BCUT2D eigenvalue weighted by molar-refractivity contribution is -0.133. The minimum Gasteiger partial charge on any atom is -0.478 e. The zero-order chi connectivity index (χ0) is 9.14. The molecule has 0 aromatic heterocycles. The van der Waals surface area contributed by atoms with Crippen molar-refractivity contribution in [2.75, 3.05) is 0 Å². The summed E-state index contributed by atoms with van der Waals surface area (Å²) in [5.41, 5.74) is 0.167. The van der Waals surface area contributed by atoms with Crippen LogP contribution in [0.1, 0.15) is 12.8 Å². The van der Waals surface area contributed by atoms with E-state index in [0.29, 0.717) is 0 Å². The highest BCUT2D eigenvalue weighted by atomic mass is 16.4. The van der Waals surface area contributed by atoms with Crippen molar-refractivity contribution in [2.24, 2.45) is 4.99 Å². The molecule has 1 heterocycles. The fourth-order valence-electron chi connectivity index (χ4n) is 0.862. The normalized spacial score (nSPS) is 16.3. The highest BCUT2D eigenvalue weighted by molar-refractivity contribution is 6.36. The summed E-state index contributed by atoms with van der Waals surface area (Å²) >= 11 is 0. The lowest BCUT2D eigenvalue weighted by atomic mass is 10.1. The Labute approximate surface area is 68.0 Å². The van der Waals surface area contributed by atoms with Gasteiger partial charge in [0.15, 0.2) is 0 Å². The highest BCUT2D eigenvalue weighted by Crippen LogP contribution is 2.12. The molecule has 5 heteroatoms. The number of hydrogen-bond acceptors (Lipinski definition) is 3. The number of aliphatic imine (C=N–C) groups is 1. The molecule has 0 spiro atoms. The van der Waals surface area contributed by atoms with Crippen molar-refractivity contribution in [3.8, 4) is 0 Å². The first-order valence-corrected chi connectivity index (χ1v) is 3.33. The maximum absolute atomic E-state index is 10.3. The molecule has 0 saturated carbocycles. The molecular formula is C7H7NO4. The number of aliphatic carboxylic acids is 2. The molecule has 64 valence electrons. The molecule has 0 aromatic rings. The van der Waals surface area contributed by atoms with Crippen LogP contribution in [0.4, 0.5) is 0 Å². The van der Waals surface area contributed by atoms with Gasteiger partial charge in [-0.3, -0.25) is 4.99 Å². The molecule has 0 aliphatic carbocycles. The second-order valence-corrected chi connectivity index (χ2v) is 2.34. The molecule has 5 nitrogen and oxygen atoms in total. The Morgan fingerprint density at radius 2 is 1.92 bits per heavy atom. The largest absolute Gasteiger partial charge is 0.478 e. The van der Waals surface area contributed by atoms with Gasteiger partial charge in [-0.1, -0.05) is 0 Å². The monoisotopic (exact) mass is 169 g/mol. The van der Waals surface area contributed by atoms with E-state index in [0.717, 1.165) is 6.20 Å². The van der Waals surface area contributed by atoms with Crippen LogP contribution in [0, 0.1) is 0 Å². The van der Waals surface area contributed by atoms with Gasteiger partial charge in [0, 0.05) is 12.6 Å². The summed E-state index contributed by atoms with van der Waals surface area (Å²) < 4.78 is 0.